The Morgan fingerprint density at radius 2 is 2.04 bits per heavy atom. The fourth-order valence-corrected chi connectivity index (χ4v) is 2.79. The van der Waals surface area contributed by atoms with Crippen LogP contribution < -0.4 is 0 Å². The molecule has 1 heterocycles. The zero-order chi connectivity index (χ0) is 18.6. The van der Waals surface area contributed by atoms with Crippen molar-refractivity contribution >= 4 is 12.1 Å². The maximum atomic E-state index is 12.2. The van der Waals surface area contributed by atoms with Gasteiger partial charge in [-0.25, -0.2) is 4.79 Å². The van der Waals surface area contributed by atoms with E-state index in [1.165, 1.54) is 11.0 Å². The van der Waals surface area contributed by atoms with Gasteiger partial charge in [-0.05, 0) is 32.4 Å². The second kappa shape index (κ2) is 7.70. The van der Waals surface area contributed by atoms with E-state index in [1.54, 1.807) is 20.8 Å². The predicted octanol–water partition coefficient (Wildman–Crippen LogP) is 2.65. The molecule has 1 amide bonds. The van der Waals surface area contributed by atoms with Crippen LogP contribution in [0.15, 0.2) is 43.0 Å². The molecule has 136 valence electrons. The molecule has 0 aromatic heterocycles. The average molecular weight is 347 g/mol. The molecule has 1 saturated heterocycles. The number of benzene rings is 1. The standard InChI is InChI=1S/C19H25NO5/c1-5-15-17(14(21)11-16(22)25-19(2,3)4)20(18(23)24-15)12-13-9-7-6-8-10-13/h5-10,14-15,17,21H,1,11-12H2,2-4H3/t14-,15-,17?/m1/s1. The molecule has 1 aliphatic heterocycles. The third-order valence-corrected chi connectivity index (χ3v) is 3.79. The van der Waals surface area contributed by atoms with Gasteiger partial charge in [0, 0.05) is 6.54 Å². The first kappa shape index (κ1) is 19.0. The Hall–Kier alpha value is -2.34. The van der Waals surface area contributed by atoms with Crippen LogP contribution in [0.25, 0.3) is 0 Å². The van der Waals surface area contributed by atoms with E-state index in [2.05, 4.69) is 6.58 Å². The number of carbonyl (C=O) groups excluding carboxylic acids is 2. The summed E-state index contributed by atoms with van der Waals surface area (Å²) in [6, 6.07) is 8.68. The average Bonchev–Trinajstić information content (AvgIpc) is 2.82. The minimum atomic E-state index is -1.12. The SMILES string of the molecule is C=C[C@H]1OC(=O)N(Cc2ccccc2)C1[C@H](O)CC(=O)OC(C)(C)C. The summed E-state index contributed by atoms with van der Waals surface area (Å²) in [5.74, 6) is -0.526. The number of amides is 1. The van der Waals surface area contributed by atoms with E-state index in [9.17, 15) is 14.7 Å². The highest BCUT2D eigenvalue weighted by atomic mass is 16.6. The molecule has 6 nitrogen and oxygen atoms in total. The number of esters is 1. The maximum Gasteiger partial charge on any atom is 0.411 e. The summed E-state index contributed by atoms with van der Waals surface area (Å²) >= 11 is 0. The van der Waals surface area contributed by atoms with Gasteiger partial charge in [-0.3, -0.25) is 9.69 Å². The number of rotatable bonds is 6. The minimum absolute atomic E-state index is 0.228. The van der Waals surface area contributed by atoms with Crippen LogP contribution in [-0.2, 0) is 20.8 Å². The van der Waals surface area contributed by atoms with Crippen LogP contribution >= 0.6 is 0 Å². The van der Waals surface area contributed by atoms with Gasteiger partial charge in [0.2, 0.25) is 0 Å². The maximum absolute atomic E-state index is 12.2. The summed E-state index contributed by atoms with van der Waals surface area (Å²) in [5, 5.41) is 10.6. The number of aliphatic hydroxyl groups is 1. The molecular weight excluding hydrogens is 322 g/mol. The fourth-order valence-electron chi connectivity index (χ4n) is 2.79. The van der Waals surface area contributed by atoms with Crippen LogP contribution in [0.2, 0.25) is 0 Å². The van der Waals surface area contributed by atoms with Crippen molar-refractivity contribution in [3.8, 4) is 0 Å². The van der Waals surface area contributed by atoms with Crippen molar-refractivity contribution in [3.05, 3.63) is 48.6 Å². The van der Waals surface area contributed by atoms with Gasteiger partial charge in [0.05, 0.1) is 12.5 Å². The highest BCUT2D eigenvalue weighted by Crippen LogP contribution is 2.27. The van der Waals surface area contributed by atoms with Crippen molar-refractivity contribution in [3.63, 3.8) is 0 Å². The first-order chi connectivity index (χ1) is 11.7. The largest absolute Gasteiger partial charge is 0.460 e. The topological polar surface area (TPSA) is 76.1 Å². The number of aliphatic hydroxyl groups excluding tert-OH is 1. The van der Waals surface area contributed by atoms with Crippen molar-refractivity contribution in [1.29, 1.82) is 0 Å². The van der Waals surface area contributed by atoms with E-state index >= 15 is 0 Å². The molecule has 3 atom stereocenters. The summed E-state index contributed by atoms with van der Waals surface area (Å²) in [5.41, 5.74) is 0.263. The molecule has 6 heteroatoms. The van der Waals surface area contributed by atoms with Gasteiger partial charge in [-0.1, -0.05) is 36.9 Å². The molecule has 1 N–H and O–H groups in total. The Bertz CT molecular complexity index is 622. The van der Waals surface area contributed by atoms with Gasteiger partial charge in [-0.2, -0.15) is 0 Å². The van der Waals surface area contributed by atoms with E-state index < -0.39 is 35.9 Å². The quantitative estimate of drug-likeness (QED) is 0.632. The van der Waals surface area contributed by atoms with Crippen LogP contribution in [0.3, 0.4) is 0 Å². The lowest BCUT2D eigenvalue weighted by molar-refractivity contribution is -0.157. The van der Waals surface area contributed by atoms with Crippen LogP contribution in [-0.4, -0.2) is 45.9 Å². The molecule has 0 saturated carbocycles. The van der Waals surface area contributed by atoms with Crippen molar-refractivity contribution < 1.29 is 24.2 Å². The van der Waals surface area contributed by atoms with Gasteiger partial charge >= 0.3 is 12.1 Å². The molecule has 1 unspecified atom stereocenters. The second-order valence-electron chi connectivity index (χ2n) is 7.05. The molecule has 2 rings (SSSR count). The molecular formula is C19H25NO5. The summed E-state index contributed by atoms with van der Waals surface area (Å²) in [7, 11) is 0. The lowest BCUT2D eigenvalue weighted by Gasteiger charge is -2.28. The number of hydrogen-bond acceptors (Lipinski definition) is 5. The Labute approximate surface area is 148 Å². The van der Waals surface area contributed by atoms with Gasteiger partial charge in [0.1, 0.15) is 17.7 Å². The lowest BCUT2D eigenvalue weighted by Crippen LogP contribution is -2.46. The Kier molecular flexibility index (Phi) is 5.85. The number of nitrogens with zero attached hydrogens (tertiary/aromatic N) is 1. The van der Waals surface area contributed by atoms with Gasteiger partial charge in [-0.15, -0.1) is 0 Å². The predicted molar refractivity (Wildman–Crippen MR) is 92.7 cm³/mol. The van der Waals surface area contributed by atoms with E-state index in [1.807, 2.05) is 30.3 Å². The summed E-state index contributed by atoms with van der Waals surface area (Å²) in [4.78, 5) is 25.6. The molecule has 0 radical (unpaired) electrons. The number of carbonyl (C=O) groups is 2. The molecule has 1 aliphatic rings. The fraction of sp³-hybridized carbons (Fsp3) is 0.474. The van der Waals surface area contributed by atoms with Crippen molar-refractivity contribution in [1.82, 2.24) is 4.90 Å². The van der Waals surface area contributed by atoms with Crippen LogP contribution in [0.1, 0.15) is 32.8 Å². The summed E-state index contributed by atoms with van der Waals surface area (Å²) in [6.07, 6.45) is -1.11. The first-order valence-electron chi connectivity index (χ1n) is 8.25. The van der Waals surface area contributed by atoms with Crippen molar-refractivity contribution in [2.45, 2.75) is 57.6 Å². The first-order valence-corrected chi connectivity index (χ1v) is 8.25. The molecule has 0 bridgehead atoms. The van der Waals surface area contributed by atoms with Crippen LogP contribution in [0.4, 0.5) is 4.79 Å². The Morgan fingerprint density at radius 1 is 1.40 bits per heavy atom. The zero-order valence-corrected chi connectivity index (χ0v) is 14.8. The summed E-state index contributed by atoms with van der Waals surface area (Å²) < 4.78 is 10.5. The van der Waals surface area contributed by atoms with Gasteiger partial charge < -0.3 is 14.6 Å². The Balaban J connectivity index is 2.13. The molecule has 1 aromatic carbocycles. The number of hydrogen-bond donors (Lipinski definition) is 1. The highest BCUT2D eigenvalue weighted by Gasteiger charge is 2.45. The smallest absolute Gasteiger partial charge is 0.411 e. The third kappa shape index (κ3) is 5.06. The third-order valence-electron chi connectivity index (χ3n) is 3.79. The lowest BCUT2D eigenvalue weighted by atomic mass is 10.0. The van der Waals surface area contributed by atoms with E-state index in [-0.39, 0.29) is 13.0 Å². The van der Waals surface area contributed by atoms with Gasteiger partial charge in [0.25, 0.3) is 0 Å². The van der Waals surface area contributed by atoms with Crippen LogP contribution in [0.5, 0.6) is 0 Å². The minimum Gasteiger partial charge on any atom is -0.460 e. The number of ether oxygens (including phenoxy) is 2. The second-order valence-corrected chi connectivity index (χ2v) is 7.05. The van der Waals surface area contributed by atoms with Gasteiger partial charge in [0.15, 0.2) is 0 Å². The van der Waals surface area contributed by atoms with E-state index in [0.717, 1.165) is 5.56 Å². The summed E-state index contributed by atoms with van der Waals surface area (Å²) in [6.45, 7) is 9.21. The van der Waals surface area contributed by atoms with Crippen molar-refractivity contribution in [2.75, 3.05) is 0 Å². The molecule has 0 aliphatic carbocycles. The molecule has 0 spiro atoms. The normalized spacial score (nSPS) is 21.6. The van der Waals surface area contributed by atoms with E-state index in [0.29, 0.717) is 0 Å². The van der Waals surface area contributed by atoms with Crippen LogP contribution in [0, 0.1) is 0 Å². The zero-order valence-electron chi connectivity index (χ0n) is 14.8. The monoisotopic (exact) mass is 347 g/mol. The Morgan fingerprint density at radius 3 is 2.60 bits per heavy atom. The highest BCUT2D eigenvalue weighted by molar-refractivity contribution is 5.73. The number of cyclic esters (lactones) is 1. The molecule has 25 heavy (non-hydrogen) atoms. The molecule has 1 aromatic rings. The van der Waals surface area contributed by atoms with E-state index in [4.69, 9.17) is 9.47 Å². The molecule has 1 fully saturated rings. The van der Waals surface area contributed by atoms with Crippen molar-refractivity contribution in [2.24, 2.45) is 0 Å².